The zero-order chi connectivity index (χ0) is 12.2. The first kappa shape index (κ1) is 13.0. The molecule has 2 N–H and O–H groups in total. The van der Waals surface area contributed by atoms with E-state index in [0.29, 0.717) is 0 Å². The molecule has 1 amide bonds. The Balaban J connectivity index is 2.50. The Kier molecular flexibility index (Phi) is 3.97. The van der Waals surface area contributed by atoms with E-state index >= 15 is 0 Å². The van der Waals surface area contributed by atoms with Crippen LogP contribution in [0.2, 0.25) is 0 Å². The van der Waals surface area contributed by atoms with Crippen molar-refractivity contribution in [3.8, 4) is 0 Å². The van der Waals surface area contributed by atoms with Gasteiger partial charge in [0.05, 0.1) is 12.1 Å². The molecule has 0 atom stereocenters. The first-order chi connectivity index (χ1) is 7.37. The van der Waals surface area contributed by atoms with Gasteiger partial charge in [0, 0.05) is 0 Å². The summed E-state index contributed by atoms with van der Waals surface area (Å²) in [5.41, 5.74) is -0.777. The number of alkyl carbamates (subject to hydrolysis) is 1. The van der Waals surface area contributed by atoms with E-state index in [1.807, 2.05) is 26.8 Å². The molecule has 1 fully saturated rings. The van der Waals surface area contributed by atoms with E-state index in [2.05, 4.69) is 5.32 Å². The molecular formula is C12H21NO3. The molecule has 1 aliphatic rings. The summed E-state index contributed by atoms with van der Waals surface area (Å²) in [5, 5.41) is 11.6. The van der Waals surface area contributed by atoms with Gasteiger partial charge in [0.25, 0.3) is 0 Å². The van der Waals surface area contributed by atoms with Gasteiger partial charge >= 0.3 is 6.09 Å². The van der Waals surface area contributed by atoms with Crippen LogP contribution in [0.3, 0.4) is 0 Å². The van der Waals surface area contributed by atoms with Crippen molar-refractivity contribution in [3.63, 3.8) is 0 Å². The molecule has 92 valence electrons. The summed E-state index contributed by atoms with van der Waals surface area (Å²) in [5.74, 6) is 0. The minimum Gasteiger partial charge on any atom is -0.444 e. The summed E-state index contributed by atoms with van der Waals surface area (Å²) in [6, 6.07) is 0. The van der Waals surface area contributed by atoms with Crippen LogP contribution in [-0.4, -0.2) is 28.9 Å². The maximum absolute atomic E-state index is 11.6. The quantitative estimate of drug-likeness (QED) is 0.725. The number of aliphatic hydroxyl groups is 1. The van der Waals surface area contributed by atoms with Gasteiger partial charge < -0.3 is 15.2 Å². The number of ether oxygens (including phenoxy) is 1. The summed E-state index contributed by atoms with van der Waals surface area (Å²) in [4.78, 5) is 11.6. The zero-order valence-electron chi connectivity index (χ0n) is 10.2. The summed E-state index contributed by atoms with van der Waals surface area (Å²) >= 11 is 0. The standard InChI is InChI=1S/C12H21NO3/c1-11(2,3)16-10(15)13-12(6-4-7-12)8-5-9-14/h5,8,14H,4,6-7,9H2,1-3H3,(H,13,15)/b8-5+. The van der Waals surface area contributed by atoms with E-state index in [4.69, 9.17) is 9.84 Å². The van der Waals surface area contributed by atoms with Crippen molar-refractivity contribution in [2.45, 2.75) is 51.2 Å². The van der Waals surface area contributed by atoms with Crippen LogP contribution in [0.4, 0.5) is 4.79 Å². The first-order valence-corrected chi connectivity index (χ1v) is 5.67. The molecule has 0 aliphatic heterocycles. The van der Waals surface area contributed by atoms with Crippen molar-refractivity contribution in [2.24, 2.45) is 0 Å². The van der Waals surface area contributed by atoms with E-state index in [1.54, 1.807) is 6.08 Å². The fourth-order valence-electron chi connectivity index (χ4n) is 1.68. The largest absolute Gasteiger partial charge is 0.444 e. The van der Waals surface area contributed by atoms with Gasteiger partial charge in [-0.3, -0.25) is 0 Å². The maximum atomic E-state index is 11.6. The van der Waals surface area contributed by atoms with Crippen molar-refractivity contribution in [2.75, 3.05) is 6.61 Å². The second-order valence-electron chi connectivity index (χ2n) is 5.22. The lowest BCUT2D eigenvalue weighted by molar-refractivity contribution is 0.0431. The summed E-state index contributed by atoms with van der Waals surface area (Å²) < 4.78 is 5.20. The molecule has 1 rings (SSSR count). The molecule has 0 heterocycles. The van der Waals surface area contributed by atoms with Crippen LogP contribution < -0.4 is 5.32 Å². The highest BCUT2D eigenvalue weighted by atomic mass is 16.6. The van der Waals surface area contributed by atoms with Crippen molar-refractivity contribution in [1.82, 2.24) is 5.32 Å². The molecule has 1 saturated carbocycles. The Morgan fingerprint density at radius 1 is 1.50 bits per heavy atom. The van der Waals surface area contributed by atoms with Crippen molar-refractivity contribution in [1.29, 1.82) is 0 Å². The Labute approximate surface area is 96.7 Å². The van der Waals surface area contributed by atoms with Crippen LogP contribution in [0.1, 0.15) is 40.0 Å². The molecule has 4 nitrogen and oxygen atoms in total. The number of carbonyl (C=O) groups excluding carboxylic acids is 1. The van der Waals surface area contributed by atoms with Gasteiger partial charge in [0.15, 0.2) is 0 Å². The second-order valence-corrected chi connectivity index (χ2v) is 5.22. The van der Waals surface area contributed by atoms with E-state index in [9.17, 15) is 4.79 Å². The fourth-order valence-corrected chi connectivity index (χ4v) is 1.68. The van der Waals surface area contributed by atoms with Crippen molar-refractivity contribution in [3.05, 3.63) is 12.2 Å². The Morgan fingerprint density at radius 3 is 2.50 bits per heavy atom. The molecule has 0 radical (unpaired) electrons. The summed E-state index contributed by atoms with van der Waals surface area (Å²) in [7, 11) is 0. The van der Waals surface area contributed by atoms with Gasteiger partial charge in [0.2, 0.25) is 0 Å². The Bertz CT molecular complexity index is 274. The van der Waals surface area contributed by atoms with Crippen molar-refractivity contribution < 1.29 is 14.6 Å². The number of hydrogen-bond donors (Lipinski definition) is 2. The number of rotatable bonds is 3. The highest BCUT2D eigenvalue weighted by Crippen LogP contribution is 2.33. The van der Waals surface area contributed by atoms with Crippen LogP contribution in [-0.2, 0) is 4.74 Å². The van der Waals surface area contributed by atoms with Gasteiger partial charge in [-0.05, 0) is 40.0 Å². The highest BCUT2D eigenvalue weighted by molar-refractivity contribution is 5.69. The Hall–Kier alpha value is -1.03. The molecule has 0 aromatic heterocycles. The van der Waals surface area contributed by atoms with Gasteiger partial charge in [-0.1, -0.05) is 12.2 Å². The Morgan fingerprint density at radius 2 is 2.12 bits per heavy atom. The van der Waals surface area contributed by atoms with E-state index in [-0.39, 0.29) is 12.1 Å². The van der Waals surface area contributed by atoms with Gasteiger partial charge in [-0.15, -0.1) is 0 Å². The minimum atomic E-state index is -0.476. The topological polar surface area (TPSA) is 58.6 Å². The second kappa shape index (κ2) is 4.87. The fraction of sp³-hybridized carbons (Fsp3) is 0.750. The number of nitrogens with one attached hydrogen (secondary N) is 1. The lowest BCUT2D eigenvalue weighted by Crippen LogP contribution is -2.53. The molecule has 16 heavy (non-hydrogen) atoms. The summed E-state index contributed by atoms with van der Waals surface area (Å²) in [6.07, 6.45) is 6.03. The van der Waals surface area contributed by atoms with E-state index in [1.165, 1.54) is 0 Å². The van der Waals surface area contributed by atoms with Gasteiger partial charge in [0.1, 0.15) is 5.60 Å². The lowest BCUT2D eigenvalue weighted by atomic mass is 9.76. The number of carbonyl (C=O) groups is 1. The summed E-state index contributed by atoms with van der Waals surface area (Å²) in [6.45, 7) is 5.51. The molecule has 0 aromatic rings. The molecule has 4 heteroatoms. The van der Waals surface area contributed by atoms with Crippen LogP contribution in [0.25, 0.3) is 0 Å². The van der Waals surface area contributed by atoms with Crippen LogP contribution in [0.15, 0.2) is 12.2 Å². The third-order valence-electron chi connectivity index (χ3n) is 2.54. The predicted octanol–water partition coefficient (Wildman–Crippen LogP) is 1.98. The zero-order valence-corrected chi connectivity index (χ0v) is 10.2. The third kappa shape index (κ3) is 3.85. The first-order valence-electron chi connectivity index (χ1n) is 5.67. The minimum absolute atomic E-state index is 0.00223. The molecule has 0 aromatic carbocycles. The molecular weight excluding hydrogens is 206 g/mol. The molecule has 0 spiro atoms. The van der Waals surface area contributed by atoms with Crippen molar-refractivity contribution >= 4 is 6.09 Å². The average Bonchev–Trinajstić information content (AvgIpc) is 2.06. The maximum Gasteiger partial charge on any atom is 0.408 e. The SMILES string of the molecule is CC(C)(C)OC(=O)NC1(/C=C/CO)CCC1. The van der Waals surface area contributed by atoms with Gasteiger partial charge in [-0.2, -0.15) is 0 Å². The molecule has 0 bridgehead atoms. The van der Waals surface area contributed by atoms with Crippen LogP contribution in [0, 0.1) is 0 Å². The number of hydrogen-bond acceptors (Lipinski definition) is 3. The monoisotopic (exact) mass is 227 g/mol. The van der Waals surface area contributed by atoms with Crippen LogP contribution in [0.5, 0.6) is 0 Å². The van der Waals surface area contributed by atoms with Crippen LogP contribution >= 0.6 is 0 Å². The smallest absolute Gasteiger partial charge is 0.408 e. The van der Waals surface area contributed by atoms with E-state index in [0.717, 1.165) is 19.3 Å². The highest BCUT2D eigenvalue weighted by Gasteiger charge is 2.36. The molecule has 0 saturated heterocycles. The predicted molar refractivity (Wildman–Crippen MR) is 62.2 cm³/mol. The average molecular weight is 227 g/mol. The lowest BCUT2D eigenvalue weighted by Gasteiger charge is -2.40. The normalized spacial score (nSPS) is 19.2. The van der Waals surface area contributed by atoms with Gasteiger partial charge in [-0.25, -0.2) is 4.79 Å². The number of amides is 1. The molecule has 1 aliphatic carbocycles. The molecule has 0 unspecified atom stereocenters. The van der Waals surface area contributed by atoms with E-state index < -0.39 is 11.7 Å². The third-order valence-corrected chi connectivity index (χ3v) is 2.54. The number of aliphatic hydroxyl groups excluding tert-OH is 1.